The Morgan fingerprint density at radius 1 is 1.10 bits per heavy atom. The molecule has 2 N–H and O–H groups in total. The maximum absolute atomic E-state index is 13.1. The number of anilines is 1. The molecule has 2 aromatic heterocycles. The fraction of sp³-hybridized carbons (Fsp3) is 0.500. The molecule has 2 saturated heterocycles. The van der Waals surface area contributed by atoms with Crippen LogP contribution in [0.3, 0.4) is 0 Å². The third-order valence-electron chi connectivity index (χ3n) is 9.28. The van der Waals surface area contributed by atoms with E-state index in [2.05, 4.69) is 25.1 Å². The Kier molecular flexibility index (Phi) is 6.26. The van der Waals surface area contributed by atoms with Gasteiger partial charge in [-0.2, -0.15) is 0 Å². The largest absolute Gasteiger partial charge is 0.573 e. The summed E-state index contributed by atoms with van der Waals surface area (Å²) in [6.07, 6.45) is 5.07. The number of nitrogens with one attached hydrogen (secondary N) is 1. The lowest BCUT2D eigenvalue weighted by atomic mass is 9.58. The number of alkyl halides is 3. The van der Waals surface area contributed by atoms with Crippen LogP contribution in [-0.2, 0) is 6.54 Å². The lowest BCUT2D eigenvalue weighted by Gasteiger charge is -2.55. The Balaban J connectivity index is 1.04. The number of piperidine rings is 1. The highest BCUT2D eigenvalue weighted by Crippen LogP contribution is 2.57. The minimum atomic E-state index is -4.80. The second-order valence-corrected chi connectivity index (χ2v) is 12.1. The van der Waals surface area contributed by atoms with Gasteiger partial charge in [0.05, 0.1) is 5.56 Å². The van der Waals surface area contributed by atoms with Crippen molar-refractivity contribution in [3.05, 3.63) is 59.5 Å². The van der Waals surface area contributed by atoms with E-state index in [0.717, 1.165) is 68.5 Å². The number of carbonyl (C=O) groups is 1. The van der Waals surface area contributed by atoms with Crippen LogP contribution in [0.5, 0.6) is 5.75 Å². The molecule has 4 heterocycles. The van der Waals surface area contributed by atoms with Crippen molar-refractivity contribution in [2.45, 2.75) is 88.3 Å². The predicted octanol–water partition coefficient (Wildman–Crippen LogP) is 6.28. The standard InChI is InChI=1S/C30H31F3N4O4/c31-30(32,33)40-24-4-2-1-3-22(24)26-23(27(41-36-26)17-5-6-17)16-35-19-12-29(13-19)14-20-7-8-21(15-29)37(20)25-11-18(28(38)39)9-10-34-25/h1-4,9-11,17,19-21,35H,5-8,12-16H2,(H,38,39). The monoisotopic (exact) mass is 568 g/mol. The average molecular weight is 569 g/mol. The van der Waals surface area contributed by atoms with Gasteiger partial charge in [0.1, 0.15) is 23.0 Å². The summed E-state index contributed by atoms with van der Waals surface area (Å²) < 4.78 is 49.2. The van der Waals surface area contributed by atoms with Crippen LogP contribution in [0.15, 0.2) is 47.1 Å². The van der Waals surface area contributed by atoms with Crippen LogP contribution in [0, 0.1) is 5.41 Å². The number of pyridine rings is 1. The van der Waals surface area contributed by atoms with Gasteiger partial charge in [-0.15, -0.1) is 13.2 Å². The van der Waals surface area contributed by atoms with Gasteiger partial charge < -0.3 is 24.6 Å². The number of rotatable bonds is 8. The van der Waals surface area contributed by atoms with Gasteiger partial charge in [-0.05, 0) is 81.0 Å². The molecule has 2 bridgehead atoms. The summed E-state index contributed by atoms with van der Waals surface area (Å²) in [6.45, 7) is 0.469. The molecule has 3 aromatic rings. The molecule has 11 heteroatoms. The Morgan fingerprint density at radius 3 is 2.51 bits per heavy atom. The minimum absolute atomic E-state index is 0.244. The fourth-order valence-corrected chi connectivity index (χ4v) is 7.47. The molecule has 0 amide bonds. The zero-order valence-electron chi connectivity index (χ0n) is 22.4. The fourth-order valence-electron chi connectivity index (χ4n) is 7.47. The first-order chi connectivity index (χ1) is 19.7. The van der Waals surface area contributed by atoms with Crippen LogP contribution >= 0.6 is 0 Å². The molecule has 4 aliphatic rings. The van der Waals surface area contributed by atoms with E-state index in [4.69, 9.17) is 4.52 Å². The first-order valence-electron chi connectivity index (χ1n) is 14.2. The van der Waals surface area contributed by atoms with Crippen molar-refractivity contribution in [1.82, 2.24) is 15.5 Å². The SMILES string of the molecule is O=C(O)c1ccnc(N2C3CCC2CC2(CC(NCc4c(-c5ccccc5OC(F)(F)F)noc4C4CC4)C2)C3)c1. The third-order valence-corrected chi connectivity index (χ3v) is 9.28. The van der Waals surface area contributed by atoms with Crippen molar-refractivity contribution in [2.24, 2.45) is 5.41 Å². The summed E-state index contributed by atoms with van der Waals surface area (Å²) in [6, 6.07) is 10.3. The Bertz CT molecular complexity index is 1450. The number of nitrogens with zero attached hydrogens (tertiary/aromatic N) is 3. The number of aromatic nitrogens is 2. The smallest absolute Gasteiger partial charge is 0.478 e. The van der Waals surface area contributed by atoms with Gasteiger partial charge in [-0.25, -0.2) is 9.78 Å². The van der Waals surface area contributed by atoms with Crippen molar-refractivity contribution in [2.75, 3.05) is 4.90 Å². The van der Waals surface area contributed by atoms with Crippen LogP contribution in [0.25, 0.3) is 11.3 Å². The molecule has 2 aliphatic carbocycles. The first-order valence-corrected chi connectivity index (χ1v) is 14.2. The van der Waals surface area contributed by atoms with Gasteiger partial charge in [0.15, 0.2) is 0 Å². The zero-order chi connectivity index (χ0) is 28.4. The van der Waals surface area contributed by atoms with Crippen LogP contribution in [0.2, 0.25) is 0 Å². The maximum atomic E-state index is 13.1. The van der Waals surface area contributed by atoms with Gasteiger partial charge in [-0.1, -0.05) is 17.3 Å². The second-order valence-electron chi connectivity index (χ2n) is 12.1. The van der Waals surface area contributed by atoms with E-state index >= 15 is 0 Å². The van der Waals surface area contributed by atoms with Gasteiger partial charge in [0.2, 0.25) is 0 Å². The minimum Gasteiger partial charge on any atom is -0.478 e. The lowest BCUT2D eigenvalue weighted by molar-refractivity contribution is -0.274. The molecule has 2 unspecified atom stereocenters. The Labute approximate surface area is 234 Å². The molecular formula is C30H31F3N4O4. The molecule has 216 valence electrons. The van der Waals surface area contributed by atoms with E-state index in [0.29, 0.717) is 30.4 Å². The maximum Gasteiger partial charge on any atom is 0.573 e. The zero-order valence-corrected chi connectivity index (χ0v) is 22.4. The Morgan fingerprint density at radius 2 is 1.83 bits per heavy atom. The second kappa shape index (κ2) is 9.75. The number of aromatic carboxylic acids is 1. The number of hydrogen-bond acceptors (Lipinski definition) is 7. The topological polar surface area (TPSA) is 101 Å². The number of para-hydroxylation sites is 1. The molecule has 4 fully saturated rings. The molecule has 2 saturated carbocycles. The molecular weight excluding hydrogens is 537 g/mol. The summed E-state index contributed by atoms with van der Waals surface area (Å²) in [5.74, 6) is 0.531. The van der Waals surface area contributed by atoms with E-state index in [1.54, 1.807) is 24.4 Å². The summed E-state index contributed by atoms with van der Waals surface area (Å²) in [5, 5.41) is 17.3. The van der Waals surface area contributed by atoms with Crippen molar-refractivity contribution >= 4 is 11.8 Å². The number of hydrogen-bond donors (Lipinski definition) is 2. The first kappa shape index (κ1) is 26.3. The van der Waals surface area contributed by atoms with E-state index < -0.39 is 12.3 Å². The number of carboxylic acid groups (broad SMARTS) is 1. The highest BCUT2D eigenvalue weighted by molar-refractivity contribution is 5.88. The molecule has 1 aromatic carbocycles. The number of halogens is 3. The lowest BCUT2D eigenvalue weighted by Crippen LogP contribution is -2.57. The number of fused-ring (bicyclic) bond motifs is 2. The normalized spacial score (nSPS) is 27.2. The average Bonchev–Trinajstić information content (AvgIpc) is 3.61. The summed E-state index contributed by atoms with van der Waals surface area (Å²) in [5.41, 5.74) is 1.98. The molecule has 41 heavy (non-hydrogen) atoms. The van der Waals surface area contributed by atoms with Crippen LogP contribution < -0.4 is 15.0 Å². The van der Waals surface area contributed by atoms with Crippen molar-refractivity contribution in [3.63, 3.8) is 0 Å². The summed E-state index contributed by atoms with van der Waals surface area (Å²) >= 11 is 0. The third kappa shape index (κ3) is 5.05. The van der Waals surface area contributed by atoms with Crippen LogP contribution in [0.4, 0.5) is 19.0 Å². The molecule has 2 atom stereocenters. The van der Waals surface area contributed by atoms with Crippen molar-refractivity contribution in [1.29, 1.82) is 0 Å². The summed E-state index contributed by atoms with van der Waals surface area (Å²) in [4.78, 5) is 18.3. The summed E-state index contributed by atoms with van der Waals surface area (Å²) in [7, 11) is 0. The van der Waals surface area contributed by atoms with Crippen molar-refractivity contribution < 1.29 is 32.3 Å². The quantitative estimate of drug-likeness (QED) is 0.328. The van der Waals surface area contributed by atoms with E-state index in [1.165, 1.54) is 18.2 Å². The van der Waals surface area contributed by atoms with E-state index in [-0.39, 0.29) is 28.2 Å². The molecule has 1 spiro atoms. The molecule has 2 aliphatic heterocycles. The van der Waals surface area contributed by atoms with Crippen LogP contribution in [0.1, 0.15) is 79.0 Å². The van der Waals surface area contributed by atoms with Gasteiger partial charge >= 0.3 is 12.3 Å². The molecule has 0 radical (unpaired) electrons. The number of carboxylic acids is 1. The van der Waals surface area contributed by atoms with Crippen LogP contribution in [-0.4, -0.2) is 45.7 Å². The molecule has 8 nitrogen and oxygen atoms in total. The number of ether oxygens (including phenoxy) is 1. The van der Waals surface area contributed by atoms with Crippen molar-refractivity contribution in [3.8, 4) is 17.0 Å². The van der Waals surface area contributed by atoms with E-state index in [1.807, 2.05) is 0 Å². The highest BCUT2D eigenvalue weighted by atomic mass is 19.4. The van der Waals surface area contributed by atoms with E-state index in [9.17, 15) is 23.1 Å². The van der Waals surface area contributed by atoms with Gasteiger partial charge in [0, 0.05) is 47.9 Å². The highest BCUT2D eigenvalue weighted by Gasteiger charge is 2.54. The number of benzene rings is 1. The molecule has 7 rings (SSSR count). The predicted molar refractivity (Wildman–Crippen MR) is 143 cm³/mol. The Hall–Kier alpha value is -3.60. The van der Waals surface area contributed by atoms with Gasteiger partial charge in [0.25, 0.3) is 0 Å². The van der Waals surface area contributed by atoms with Gasteiger partial charge in [-0.3, -0.25) is 0 Å².